The lowest BCUT2D eigenvalue weighted by Crippen LogP contribution is -2.37. The summed E-state index contributed by atoms with van der Waals surface area (Å²) in [6.45, 7) is 11.1. The molecule has 0 aliphatic carbocycles. The molecule has 202 valence electrons. The van der Waals surface area contributed by atoms with E-state index in [1.807, 2.05) is 6.07 Å². The second-order valence-corrected chi connectivity index (χ2v) is 9.34. The van der Waals surface area contributed by atoms with E-state index in [0.717, 1.165) is 63.4 Å². The first-order valence-electron chi connectivity index (χ1n) is 12.8. The third kappa shape index (κ3) is 8.11. The van der Waals surface area contributed by atoms with Crippen LogP contribution in [-0.4, -0.2) is 56.1 Å². The van der Waals surface area contributed by atoms with E-state index in [0.29, 0.717) is 23.7 Å². The topological polar surface area (TPSA) is 76.7 Å². The van der Waals surface area contributed by atoms with Gasteiger partial charge in [-0.15, -0.1) is 0 Å². The van der Waals surface area contributed by atoms with Crippen LogP contribution in [0, 0.1) is 5.92 Å². The van der Waals surface area contributed by atoms with Crippen LogP contribution >= 0.6 is 0 Å². The van der Waals surface area contributed by atoms with Crippen molar-refractivity contribution in [2.45, 2.75) is 39.8 Å². The number of nitrogens with one attached hydrogen (secondary N) is 3. The lowest BCUT2D eigenvalue weighted by Gasteiger charge is -2.33. The molecule has 2 aromatic carbocycles. The highest BCUT2D eigenvalue weighted by Gasteiger charge is 2.30. The number of hydrogen-bond donors (Lipinski definition) is 3. The fourth-order valence-electron chi connectivity index (χ4n) is 4.32. The zero-order valence-corrected chi connectivity index (χ0v) is 21.6. The molecule has 0 unspecified atom stereocenters. The Morgan fingerprint density at radius 3 is 2.16 bits per heavy atom. The first-order valence-corrected chi connectivity index (χ1v) is 12.8. The molecule has 2 aromatic rings. The first kappa shape index (κ1) is 28.3. The van der Waals surface area contributed by atoms with Gasteiger partial charge in [0.15, 0.2) is 0 Å². The lowest BCUT2D eigenvalue weighted by atomic mass is 9.98. The van der Waals surface area contributed by atoms with Gasteiger partial charge >= 0.3 is 12.2 Å². The number of carbonyl (C=O) groups is 2. The molecule has 3 rings (SSSR count). The normalized spacial score (nSPS) is 14.5. The van der Waals surface area contributed by atoms with Crippen molar-refractivity contribution in [3.8, 4) is 0 Å². The molecule has 37 heavy (non-hydrogen) atoms. The summed E-state index contributed by atoms with van der Waals surface area (Å²) in [7, 11) is 0. The van der Waals surface area contributed by atoms with E-state index in [9.17, 15) is 22.8 Å². The second-order valence-electron chi connectivity index (χ2n) is 9.34. The molecule has 0 aromatic heterocycles. The zero-order chi connectivity index (χ0) is 27.0. The van der Waals surface area contributed by atoms with Crippen LogP contribution in [0.15, 0.2) is 42.5 Å². The van der Waals surface area contributed by atoms with Crippen molar-refractivity contribution >= 4 is 29.0 Å². The minimum Gasteiger partial charge on any atom is -0.371 e. The first-order chi connectivity index (χ1) is 17.6. The molecule has 3 amide bonds. The van der Waals surface area contributed by atoms with Crippen LogP contribution in [0.3, 0.4) is 0 Å². The molecule has 0 bridgehead atoms. The number of piperidine rings is 1. The summed E-state index contributed by atoms with van der Waals surface area (Å²) in [5.41, 5.74) is 1.13. The number of anilines is 3. The standard InChI is InChI=1S/C27H36F3N5O2/c1-4-34(5-2)17-14-31-25(36)23-18-22(10-11-24(23)35-15-12-19(3)13-16-35)33-26(37)32-21-8-6-20(7-9-21)27(28,29)30/h6-11,18-19H,4-5,12-17H2,1-3H3,(H,31,36)(H2,32,33,37). The van der Waals surface area contributed by atoms with Gasteiger partial charge in [-0.3, -0.25) is 4.79 Å². The number of hydrogen-bond acceptors (Lipinski definition) is 4. The van der Waals surface area contributed by atoms with Crippen molar-refractivity contribution in [1.29, 1.82) is 0 Å². The fourth-order valence-corrected chi connectivity index (χ4v) is 4.32. The summed E-state index contributed by atoms with van der Waals surface area (Å²) in [6, 6.07) is 8.79. The minimum absolute atomic E-state index is 0.215. The Kier molecular flexibility index (Phi) is 9.79. The number of rotatable bonds is 9. The molecule has 0 spiro atoms. The van der Waals surface area contributed by atoms with Gasteiger partial charge in [-0.1, -0.05) is 20.8 Å². The average molecular weight is 520 g/mol. The predicted octanol–water partition coefficient (Wildman–Crippen LogP) is 5.66. The molecule has 0 atom stereocenters. The van der Waals surface area contributed by atoms with Gasteiger partial charge < -0.3 is 25.8 Å². The van der Waals surface area contributed by atoms with Crippen LogP contribution in [-0.2, 0) is 6.18 Å². The van der Waals surface area contributed by atoms with Crippen molar-refractivity contribution < 1.29 is 22.8 Å². The van der Waals surface area contributed by atoms with E-state index >= 15 is 0 Å². The smallest absolute Gasteiger partial charge is 0.371 e. The molecular formula is C27H36F3N5O2. The molecule has 3 N–H and O–H groups in total. The van der Waals surface area contributed by atoms with Gasteiger partial charge in [0.05, 0.1) is 11.1 Å². The molecule has 0 radical (unpaired) electrons. The van der Waals surface area contributed by atoms with Gasteiger partial charge in [0.1, 0.15) is 0 Å². The molecule has 0 saturated carbocycles. The lowest BCUT2D eigenvalue weighted by molar-refractivity contribution is -0.137. The number of amides is 3. The summed E-state index contributed by atoms with van der Waals surface area (Å²) in [4.78, 5) is 30.1. The molecular weight excluding hydrogens is 483 g/mol. The Morgan fingerprint density at radius 2 is 1.57 bits per heavy atom. The van der Waals surface area contributed by atoms with E-state index in [-0.39, 0.29) is 11.6 Å². The number of carbonyl (C=O) groups excluding carboxylic acids is 2. The minimum atomic E-state index is -4.45. The SMILES string of the molecule is CCN(CC)CCNC(=O)c1cc(NC(=O)Nc2ccc(C(F)(F)F)cc2)ccc1N1CCC(C)CC1. The van der Waals surface area contributed by atoms with Crippen LogP contribution in [0.5, 0.6) is 0 Å². The molecule has 10 heteroatoms. The highest BCUT2D eigenvalue weighted by atomic mass is 19.4. The van der Waals surface area contributed by atoms with Gasteiger partial charge in [0, 0.05) is 43.2 Å². The van der Waals surface area contributed by atoms with Gasteiger partial charge in [-0.2, -0.15) is 13.2 Å². The quantitative estimate of drug-likeness (QED) is 0.400. The maximum Gasteiger partial charge on any atom is 0.416 e. The molecule has 1 heterocycles. The molecule has 1 saturated heterocycles. The van der Waals surface area contributed by atoms with Crippen molar-refractivity contribution in [2.75, 3.05) is 54.8 Å². The Balaban J connectivity index is 1.73. The second kappa shape index (κ2) is 12.8. The van der Waals surface area contributed by atoms with E-state index in [1.165, 1.54) is 12.1 Å². The van der Waals surface area contributed by atoms with Crippen LogP contribution in [0.25, 0.3) is 0 Å². The van der Waals surface area contributed by atoms with E-state index < -0.39 is 17.8 Å². The molecule has 7 nitrogen and oxygen atoms in total. The van der Waals surface area contributed by atoms with Crippen LogP contribution < -0.4 is 20.9 Å². The number of benzene rings is 2. The maximum absolute atomic E-state index is 13.2. The molecule has 1 fully saturated rings. The Labute approximate surface area is 216 Å². The van der Waals surface area contributed by atoms with Crippen molar-refractivity contribution in [3.05, 3.63) is 53.6 Å². The summed E-state index contributed by atoms with van der Waals surface area (Å²) in [5, 5.41) is 8.20. The van der Waals surface area contributed by atoms with E-state index in [1.54, 1.807) is 12.1 Å². The number of alkyl halides is 3. The van der Waals surface area contributed by atoms with Crippen molar-refractivity contribution in [2.24, 2.45) is 5.92 Å². The average Bonchev–Trinajstić information content (AvgIpc) is 2.87. The summed E-state index contributed by atoms with van der Waals surface area (Å²) >= 11 is 0. The maximum atomic E-state index is 13.2. The van der Waals surface area contributed by atoms with Gasteiger partial charge in [-0.25, -0.2) is 4.79 Å². The van der Waals surface area contributed by atoms with Gasteiger partial charge in [-0.05, 0) is 74.3 Å². The Bertz CT molecular complexity index is 1050. The van der Waals surface area contributed by atoms with Crippen LogP contribution in [0.2, 0.25) is 0 Å². The third-order valence-corrected chi connectivity index (χ3v) is 6.70. The summed E-state index contributed by atoms with van der Waals surface area (Å²) in [5.74, 6) is 0.421. The zero-order valence-electron chi connectivity index (χ0n) is 21.6. The third-order valence-electron chi connectivity index (χ3n) is 6.70. The van der Waals surface area contributed by atoms with E-state index in [4.69, 9.17) is 0 Å². The van der Waals surface area contributed by atoms with Crippen LogP contribution in [0.4, 0.5) is 35.0 Å². The van der Waals surface area contributed by atoms with Gasteiger partial charge in [0.25, 0.3) is 5.91 Å². The molecule has 1 aliphatic heterocycles. The monoisotopic (exact) mass is 519 g/mol. The summed E-state index contributed by atoms with van der Waals surface area (Å²) < 4.78 is 38.3. The number of urea groups is 1. The van der Waals surface area contributed by atoms with E-state index in [2.05, 4.69) is 46.5 Å². The summed E-state index contributed by atoms with van der Waals surface area (Å²) in [6.07, 6.45) is -2.37. The van der Waals surface area contributed by atoms with Crippen LogP contribution in [0.1, 0.15) is 49.5 Å². The number of likely N-dealkylation sites (N-methyl/N-ethyl adjacent to an activating group) is 1. The Morgan fingerprint density at radius 1 is 0.973 bits per heavy atom. The highest BCUT2D eigenvalue weighted by Crippen LogP contribution is 2.30. The van der Waals surface area contributed by atoms with Gasteiger partial charge in [0.2, 0.25) is 0 Å². The fraction of sp³-hybridized carbons (Fsp3) is 0.481. The number of nitrogens with zero attached hydrogens (tertiary/aromatic N) is 2. The number of halogens is 3. The largest absolute Gasteiger partial charge is 0.416 e. The van der Waals surface area contributed by atoms with Crippen molar-refractivity contribution in [1.82, 2.24) is 10.2 Å². The highest BCUT2D eigenvalue weighted by molar-refractivity contribution is 6.04. The van der Waals surface area contributed by atoms with Crippen molar-refractivity contribution in [3.63, 3.8) is 0 Å². The molecule has 1 aliphatic rings. The predicted molar refractivity (Wildman–Crippen MR) is 141 cm³/mol. The Hall–Kier alpha value is -3.27.